The smallest absolute Gasteiger partial charge is 0.313 e. The molecule has 1 N–H and O–H groups in total. The molecule has 0 rings (SSSR count). The van der Waals surface area contributed by atoms with Crippen molar-refractivity contribution in [2.75, 3.05) is 12.4 Å². The molecule has 0 aromatic rings. The third-order valence-corrected chi connectivity index (χ3v) is 5.31. The Balaban J connectivity index is 3.59. The van der Waals surface area contributed by atoms with Gasteiger partial charge in [0.05, 0.1) is 12.3 Å². The van der Waals surface area contributed by atoms with Gasteiger partial charge in [0, 0.05) is 5.75 Å². The monoisotopic (exact) mass is 428 g/mol. The minimum absolute atomic E-state index is 0.213. The van der Waals surface area contributed by atoms with Gasteiger partial charge in [0.15, 0.2) is 0 Å². The van der Waals surface area contributed by atoms with E-state index >= 15 is 0 Å². The standard InChI is InChI=1S/C24H44O4S/c1-2-3-4-5-6-7-8-9-10-11-12-13-14-15-16-17-18-22(21-23(25)26)24(27)28-19-20-29/h17-18,22,29H,2-16,19-21H2,1H3,(H,25,26). The van der Waals surface area contributed by atoms with E-state index in [1.54, 1.807) is 6.08 Å². The van der Waals surface area contributed by atoms with E-state index in [9.17, 15) is 9.59 Å². The highest BCUT2D eigenvalue weighted by Crippen LogP contribution is 2.14. The molecule has 0 radical (unpaired) electrons. The second kappa shape index (κ2) is 21.7. The van der Waals surface area contributed by atoms with Gasteiger partial charge < -0.3 is 9.84 Å². The molecule has 0 heterocycles. The molecule has 4 nitrogen and oxygen atoms in total. The SMILES string of the molecule is CCCCCCCCCCCCCCCCC=CC(CC(=O)O)C(=O)OCCS. The van der Waals surface area contributed by atoms with Crippen LogP contribution in [0.3, 0.4) is 0 Å². The van der Waals surface area contributed by atoms with Gasteiger partial charge in [-0.1, -0.05) is 103 Å². The summed E-state index contributed by atoms with van der Waals surface area (Å²) < 4.78 is 5.00. The zero-order valence-electron chi connectivity index (χ0n) is 18.6. The van der Waals surface area contributed by atoms with Gasteiger partial charge in [-0.15, -0.1) is 0 Å². The van der Waals surface area contributed by atoms with Crippen molar-refractivity contribution in [1.82, 2.24) is 0 Å². The van der Waals surface area contributed by atoms with Crippen LogP contribution in [0.2, 0.25) is 0 Å². The van der Waals surface area contributed by atoms with Crippen LogP contribution >= 0.6 is 12.6 Å². The van der Waals surface area contributed by atoms with Gasteiger partial charge in [0.1, 0.15) is 6.61 Å². The first kappa shape index (κ1) is 28.0. The minimum Gasteiger partial charge on any atom is -0.481 e. The van der Waals surface area contributed by atoms with Gasteiger partial charge in [0.25, 0.3) is 0 Å². The quantitative estimate of drug-likeness (QED) is 0.0896. The van der Waals surface area contributed by atoms with Crippen LogP contribution in [0.5, 0.6) is 0 Å². The van der Waals surface area contributed by atoms with Gasteiger partial charge >= 0.3 is 11.9 Å². The lowest BCUT2D eigenvalue weighted by Crippen LogP contribution is -2.20. The van der Waals surface area contributed by atoms with E-state index in [1.165, 1.54) is 83.5 Å². The number of carbonyl (C=O) groups is 2. The predicted molar refractivity (Wildman–Crippen MR) is 125 cm³/mol. The van der Waals surface area contributed by atoms with Crippen LogP contribution in [0.25, 0.3) is 0 Å². The number of allylic oxidation sites excluding steroid dienone is 1. The number of hydrogen-bond acceptors (Lipinski definition) is 4. The Bertz CT molecular complexity index is 423. The number of esters is 1. The van der Waals surface area contributed by atoms with E-state index in [-0.39, 0.29) is 13.0 Å². The number of rotatable bonds is 21. The molecule has 1 atom stereocenters. The summed E-state index contributed by atoms with van der Waals surface area (Å²) in [5.41, 5.74) is 0. The second-order valence-electron chi connectivity index (χ2n) is 7.91. The molecule has 29 heavy (non-hydrogen) atoms. The fraction of sp³-hybridized carbons (Fsp3) is 0.833. The fourth-order valence-electron chi connectivity index (χ4n) is 3.39. The number of carboxylic acids is 1. The van der Waals surface area contributed by atoms with Crippen LogP contribution in [-0.4, -0.2) is 29.4 Å². The fourth-order valence-corrected chi connectivity index (χ4v) is 3.48. The average molecular weight is 429 g/mol. The number of carboxylic acid groups (broad SMARTS) is 1. The Morgan fingerprint density at radius 2 is 1.34 bits per heavy atom. The summed E-state index contributed by atoms with van der Waals surface area (Å²) in [6.45, 7) is 2.48. The zero-order chi connectivity index (χ0) is 21.6. The number of thiol groups is 1. The van der Waals surface area contributed by atoms with Crippen LogP contribution in [0.15, 0.2) is 12.2 Å². The van der Waals surface area contributed by atoms with Gasteiger partial charge in [-0.3, -0.25) is 9.59 Å². The molecule has 0 aliphatic rings. The highest BCUT2D eigenvalue weighted by atomic mass is 32.1. The van der Waals surface area contributed by atoms with E-state index in [1.807, 2.05) is 6.08 Å². The first-order chi connectivity index (χ1) is 14.1. The van der Waals surface area contributed by atoms with E-state index in [2.05, 4.69) is 19.6 Å². The molecule has 0 saturated heterocycles. The maximum atomic E-state index is 11.9. The van der Waals surface area contributed by atoms with Gasteiger partial charge in [-0.2, -0.15) is 12.6 Å². The van der Waals surface area contributed by atoms with E-state index < -0.39 is 17.9 Å². The summed E-state index contributed by atoms with van der Waals surface area (Å²) in [6.07, 6.45) is 22.9. The molecule has 170 valence electrons. The Morgan fingerprint density at radius 3 is 1.79 bits per heavy atom. The normalized spacial score (nSPS) is 12.3. The largest absolute Gasteiger partial charge is 0.481 e. The third kappa shape index (κ3) is 20.1. The van der Waals surface area contributed by atoms with Crippen molar-refractivity contribution >= 4 is 24.6 Å². The zero-order valence-corrected chi connectivity index (χ0v) is 19.5. The first-order valence-electron chi connectivity index (χ1n) is 11.8. The van der Waals surface area contributed by atoms with Crippen molar-refractivity contribution in [3.8, 4) is 0 Å². The molecule has 0 saturated carbocycles. The maximum Gasteiger partial charge on any atom is 0.313 e. The summed E-state index contributed by atoms with van der Waals surface area (Å²) in [5, 5.41) is 8.94. The molecule has 0 fully saturated rings. The van der Waals surface area contributed by atoms with E-state index in [0.29, 0.717) is 5.75 Å². The molecular weight excluding hydrogens is 384 g/mol. The molecule has 0 aromatic carbocycles. The topological polar surface area (TPSA) is 63.6 Å². The lowest BCUT2D eigenvalue weighted by molar-refractivity contribution is -0.150. The summed E-state index contributed by atoms with van der Waals surface area (Å²) in [5.74, 6) is -1.72. The van der Waals surface area contributed by atoms with Crippen molar-refractivity contribution in [3.05, 3.63) is 12.2 Å². The number of aliphatic carboxylic acids is 1. The Labute approximate surface area is 184 Å². The van der Waals surface area contributed by atoms with Crippen LogP contribution in [-0.2, 0) is 14.3 Å². The van der Waals surface area contributed by atoms with Crippen LogP contribution in [0.1, 0.15) is 110 Å². The Hall–Kier alpha value is -0.970. The van der Waals surface area contributed by atoms with Crippen LogP contribution in [0.4, 0.5) is 0 Å². The van der Waals surface area contributed by atoms with Crippen molar-refractivity contribution in [3.63, 3.8) is 0 Å². The summed E-state index contributed by atoms with van der Waals surface area (Å²) >= 11 is 3.99. The number of unbranched alkanes of at least 4 members (excludes halogenated alkanes) is 14. The number of carbonyl (C=O) groups excluding carboxylic acids is 1. The van der Waals surface area contributed by atoms with Crippen LogP contribution in [0, 0.1) is 5.92 Å². The molecule has 0 aliphatic heterocycles. The van der Waals surface area contributed by atoms with E-state index in [0.717, 1.165) is 12.8 Å². The van der Waals surface area contributed by atoms with Gasteiger partial charge in [-0.25, -0.2) is 0 Å². The molecule has 0 aromatic heterocycles. The van der Waals surface area contributed by atoms with Crippen molar-refractivity contribution < 1.29 is 19.4 Å². The van der Waals surface area contributed by atoms with E-state index in [4.69, 9.17) is 9.84 Å². The molecule has 0 amide bonds. The summed E-state index contributed by atoms with van der Waals surface area (Å²) in [6, 6.07) is 0. The van der Waals surface area contributed by atoms with Crippen molar-refractivity contribution in [2.24, 2.45) is 5.92 Å². The molecule has 5 heteroatoms. The Morgan fingerprint density at radius 1 is 0.862 bits per heavy atom. The van der Waals surface area contributed by atoms with Crippen molar-refractivity contribution in [2.45, 2.75) is 110 Å². The second-order valence-corrected chi connectivity index (χ2v) is 8.36. The summed E-state index contributed by atoms with van der Waals surface area (Å²) in [7, 11) is 0. The molecular formula is C24H44O4S. The molecule has 0 bridgehead atoms. The summed E-state index contributed by atoms with van der Waals surface area (Å²) in [4.78, 5) is 22.8. The number of hydrogen-bond donors (Lipinski definition) is 2. The Kier molecular flexibility index (Phi) is 21.0. The maximum absolute atomic E-state index is 11.9. The third-order valence-electron chi connectivity index (χ3n) is 5.13. The lowest BCUT2D eigenvalue weighted by atomic mass is 10.0. The molecule has 0 aliphatic carbocycles. The molecule has 0 spiro atoms. The van der Waals surface area contributed by atoms with Gasteiger partial charge in [0.2, 0.25) is 0 Å². The highest BCUT2D eigenvalue weighted by molar-refractivity contribution is 7.80. The van der Waals surface area contributed by atoms with Crippen molar-refractivity contribution in [1.29, 1.82) is 0 Å². The predicted octanol–water partition coefficient (Wildman–Crippen LogP) is 6.98. The highest BCUT2D eigenvalue weighted by Gasteiger charge is 2.20. The minimum atomic E-state index is -0.987. The molecule has 1 unspecified atom stereocenters. The lowest BCUT2D eigenvalue weighted by Gasteiger charge is -2.09. The first-order valence-corrected chi connectivity index (χ1v) is 12.4. The van der Waals surface area contributed by atoms with Gasteiger partial charge in [-0.05, 0) is 12.8 Å². The average Bonchev–Trinajstić information content (AvgIpc) is 2.70. The number of ether oxygens (including phenoxy) is 1. The van der Waals surface area contributed by atoms with Crippen LogP contribution < -0.4 is 0 Å².